The molecule has 0 spiro atoms. The molecule has 0 heterocycles. The zero-order valence-electron chi connectivity index (χ0n) is 10.2. The molecule has 92 valence electrons. The molecule has 0 fully saturated rings. The Balaban J connectivity index is 4.11. The minimum atomic E-state index is -0.855. The van der Waals surface area contributed by atoms with Crippen LogP contribution in [-0.4, -0.2) is 48.9 Å². The highest BCUT2D eigenvalue weighted by Gasteiger charge is 2.28. The summed E-state index contributed by atoms with van der Waals surface area (Å²) in [5.41, 5.74) is 0.385. The lowest BCUT2D eigenvalue weighted by Crippen LogP contribution is -2.48. The average Bonchev–Trinajstić information content (AvgIpc) is 2.27. The molecule has 0 rings (SSSR count). The largest absolute Gasteiger partial charge is 0.513 e. The first-order valence-electron chi connectivity index (χ1n) is 5.21. The van der Waals surface area contributed by atoms with Gasteiger partial charge in [0.2, 0.25) is 0 Å². The molecule has 5 heteroatoms. The number of amides is 1. The number of rotatable bonds is 6. The van der Waals surface area contributed by atoms with Crippen LogP contribution in [0.2, 0.25) is 0 Å². The van der Waals surface area contributed by atoms with Crippen LogP contribution in [0, 0.1) is 0 Å². The van der Waals surface area contributed by atoms with E-state index in [1.807, 2.05) is 6.92 Å². The number of hydrogen-bond donors (Lipinski definition) is 1. The van der Waals surface area contributed by atoms with Crippen LogP contribution in [0.4, 0.5) is 4.79 Å². The molecule has 0 aliphatic carbocycles. The number of methoxy groups -OCH3 is 1. The molecule has 0 aromatic heterocycles. The predicted molar refractivity (Wildman–Crippen MR) is 60.0 cm³/mol. The third-order valence-corrected chi connectivity index (χ3v) is 2.76. The van der Waals surface area contributed by atoms with Gasteiger partial charge in [-0.15, -0.1) is 0 Å². The van der Waals surface area contributed by atoms with Crippen LogP contribution in [0.5, 0.6) is 0 Å². The van der Waals surface area contributed by atoms with Gasteiger partial charge in [0.1, 0.15) is 0 Å². The van der Waals surface area contributed by atoms with Crippen molar-refractivity contribution in [1.29, 1.82) is 0 Å². The Labute approximate surface area is 95.9 Å². The first-order valence-corrected chi connectivity index (χ1v) is 5.21. The van der Waals surface area contributed by atoms with E-state index in [0.29, 0.717) is 31.5 Å². The summed E-state index contributed by atoms with van der Waals surface area (Å²) in [4.78, 5) is 22.0. The summed E-state index contributed by atoms with van der Waals surface area (Å²) in [5, 5.41) is 9.01. The van der Waals surface area contributed by atoms with Crippen molar-refractivity contribution in [2.45, 2.75) is 19.8 Å². The van der Waals surface area contributed by atoms with E-state index in [1.54, 1.807) is 7.05 Å². The van der Waals surface area contributed by atoms with Crippen molar-refractivity contribution >= 4 is 12.1 Å². The summed E-state index contributed by atoms with van der Waals surface area (Å²) in [7, 11) is 2.96. The van der Waals surface area contributed by atoms with Crippen LogP contribution in [0.3, 0.4) is 0 Å². The molecular formula is C11H20NO4+. The molecule has 0 aliphatic rings. The highest BCUT2D eigenvalue weighted by Crippen LogP contribution is 2.10. The molecule has 0 radical (unpaired) electrons. The molecule has 1 N–H and O–H groups in total. The monoisotopic (exact) mass is 230 g/mol. The molecule has 1 amide bonds. The van der Waals surface area contributed by atoms with Gasteiger partial charge in [0.05, 0.1) is 27.2 Å². The molecule has 0 aliphatic heterocycles. The number of quaternary nitrogens is 1. The summed E-state index contributed by atoms with van der Waals surface area (Å²) >= 11 is 0. The van der Waals surface area contributed by atoms with E-state index >= 15 is 0 Å². The Morgan fingerprint density at radius 3 is 2.38 bits per heavy atom. The lowest BCUT2D eigenvalue weighted by atomic mass is 10.1. The number of esters is 1. The van der Waals surface area contributed by atoms with Crippen LogP contribution in [0.25, 0.3) is 0 Å². The highest BCUT2D eigenvalue weighted by atomic mass is 16.5. The van der Waals surface area contributed by atoms with Gasteiger partial charge in [-0.25, -0.2) is 9.28 Å². The van der Waals surface area contributed by atoms with Crippen molar-refractivity contribution in [3.63, 3.8) is 0 Å². The van der Waals surface area contributed by atoms with Crippen LogP contribution >= 0.6 is 0 Å². The SMILES string of the molecule is C=C(CCC[N+](C)(CC)C(=O)O)C(=O)OC. The second kappa shape index (κ2) is 6.27. The summed E-state index contributed by atoms with van der Waals surface area (Å²) in [6.07, 6.45) is 0.212. The normalized spacial score (nSPS) is 13.9. The van der Waals surface area contributed by atoms with Crippen molar-refractivity contribution in [1.82, 2.24) is 0 Å². The summed E-state index contributed by atoms with van der Waals surface area (Å²) < 4.78 is 4.46. The lowest BCUT2D eigenvalue weighted by molar-refractivity contribution is -0.835. The van der Waals surface area contributed by atoms with Gasteiger partial charge in [-0.1, -0.05) is 6.58 Å². The quantitative estimate of drug-likeness (QED) is 0.428. The number of carbonyl (C=O) groups is 2. The van der Waals surface area contributed by atoms with E-state index in [0.717, 1.165) is 0 Å². The fraction of sp³-hybridized carbons (Fsp3) is 0.636. The zero-order valence-corrected chi connectivity index (χ0v) is 10.2. The standard InChI is InChI=1S/C11H19NO4/c1-5-12(3,11(14)15)8-6-7-9(2)10(13)16-4/h2,5-8H2,1,3-4H3/p+1. The Morgan fingerprint density at radius 1 is 1.44 bits per heavy atom. The first-order chi connectivity index (χ1) is 7.37. The van der Waals surface area contributed by atoms with Gasteiger partial charge < -0.3 is 9.84 Å². The molecule has 0 saturated heterocycles. The van der Waals surface area contributed by atoms with E-state index in [2.05, 4.69) is 11.3 Å². The van der Waals surface area contributed by atoms with Gasteiger partial charge >= 0.3 is 12.1 Å². The second-order valence-corrected chi connectivity index (χ2v) is 3.92. The highest BCUT2D eigenvalue weighted by molar-refractivity contribution is 5.87. The van der Waals surface area contributed by atoms with Gasteiger partial charge in [-0.3, -0.25) is 0 Å². The van der Waals surface area contributed by atoms with Gasteiger partial charge in [0.15, 0.2) is 0 Å². The minimum absolute atomic E-state index is 0.0472. The van der Waals surface area contributed by atoms with Gasteiger partial charge in [0.25, 0.3) is 0 Å². The Bertz CT molecular complexity index is 288. The first kappa shape index (κ1) is 14.6. The van der Waals surface area contributed by atoms with Crippen molar-refractivity contribution < 1.29 is 23.9 Å². The predicted octanol–water partition coefficient (Wildman–Crippen LogP) is 1.64. The maximum absolute atomic E-state index is 11.0. The molecule has 0 aromatic carbocycles. The Kier molecular flexibility index (Phi) is 5.74. The van der Waals surface area contributed by atoms with Crippen molar-refractivity contribution in [3.05, 3.63) is 12.2 Å². The third kappa shape index (κ3) is 4.02. The number of carbonyl (C=O) groups excluding carboxylic acids is 1. The van der Waals surface area contributed by atoms with Crippen LogP contribution < -0.4 is 0 Å². The second-order valence-electron chi connectivity index (χ2n) is 3.92. The molecule has 16 heavy (non-hydrogen) atoms. The molecular weight excluding hydrogens is 210 g/mol. The van der Waals surface area contributed by atoms with Crippen molar-refractivity contribution in [3.8, 4) is 0 Å². The van der Waals surface area contributed by atoms with E-state index < -0.39 is 12.1 Å². The van der Waals surface area contributed by atoms with E-state index in [4.69, 9.17) is 5.11 Å². The van der Waals surface area contributed by atoms with E-state index in [-0.39, 0.29) is 4.48 Å². The summed E-state index contributed by atoms with van der Waals surface area (Å²) in [6.45, 7) is 6.40. The van der Waals surface area contributed by atoms with Crippen LogP contribution in [0.15, 0.2) is 12.2 Å². The number of carboxylic acid groups (broad SMARTS) is 1. The Hall–Kier alpha value is -1.36. The zero-order chi connectivity index (χ0) is 12.8. The van der Waals surface area contributed by atoms with Crippen molar-refractivity contribution in [2.75, 3.05) is 27.2 Å². The Morgan fingerprint density at radius 2 is 2.00 bits per heavy atom. The molecule has 0 saturated carbocycles. The lowest BCUT2D eigenvalue weighted by Gasteiger charge is -2.26. The topological polar surface area (TPSA) is 63.6 Å². The van der Waals surface area contributed by atoms with Crippen LogP contribution in [0.1, 0.15) is 19.8 Å². The van der Waals surface area contributed by atoms with E-state index in [9.17, 15) is 9.59 Å². The number of hydrogen-bond acceptors (Lipinski definition) is 3. The molecule has 5 nitrogen and oxygen atoms in total. The number of ether oxygens (including phenoxy) is 1. The van der Waals surface area contributed by atoms with Crippen molar-refractivity contribution in [2.24, 2.45) is 0 Å². The fourth-order valence-corrected chi connectivity index (χ4v) is 1.28. The smallest absolute Gasteiger partial charge is 0.466 e. The van der Waals surface area contributed by atoms with Gasteiger partial charge in [-0.2, -0.15) is 4.79 Å². The minimum Gasteiger partial charge on any atom is -0.466 e. The fourth-order valence-electron chi connectivity index (χ4n) is 1.28. The van der Waals surface area contributed by atoms with E-state index in [1.165, 1.54) is 7.11 Å². The van der Waals surface area contributed by atoms with Gasteiger partial charge in [-0.05, 0) is 13.3 Å². The maximum atomic E-state index is 11.0. The molecule has 0 aromatic rings. The van der Waals surface area contributed by atoms with Crippen LogP contribution in [-0.2, 0) is 9.53 Å². The molecule has 1 unspecified atom stereocenters. The molecule has 0 bridgehead atoms. The summed E-state index contributed by atoms with van der Waals surface area (Å²) in [5.74, 6) is -0.430. The maximum Gasteiger partial charge on any atom is 0.513 e. The van der Waals surface area contributed by atoms with Gasteiger partial charge in [0, 0.05) is 12.0 Å². The number of nitrogens with zero attached hydrogens (tertiary/aromatic N) is 1. The molecule has 1 atom stereocenters. The summed E-state index contributed by atoms with van der Waals surface area (Å²) in [6, 6.07) is 0. The average molecular weight is 230 g/mol. The third-order valence-electron chi connectivity index (χ3n) is 2.76.